The van der Waals surface area contributed by atoms with Crippen molar-refractivity contribution in [3.05, 3.63) is 113 Å². The lowest BCUT2D eigenvalue weighted by molar-refractivity contribution is -0.140. The highest BCUT2D eigenvalue weighted by molar-refractivity contribution is 6.41. The molecule has 0 fully saturated rings. The van der Waals surface area contributed by atoms with Crippen LogP contribution in [0.1, 0.15) is 183 Å². The second kappa shape index (κ2) is 48.3. The van der Waals surface area contributed by atoms with Gasteiger partial charge in [-0.15, -0.1) is 0 Å². The lowest BCUT2D eigenvalue weighted by Crippen LogP contribution is -2.64. The van der Waals surface area contributed by atoms with Crippen LogP contribution in [-0.4, -0.2) is 211 Å². The Kier molecular flexibility index (Phi) is 40.1. The number of benzene rings is 3. The molecular weight excluding hydrogens is 1580 g/mol. The van der Waals surface area contributed by atoms with E-state index in [0.29, 0.717) is 64.7 Å². The molecule has 2 heterocycles. The van der Waals surface area contributed by atoms with Crippen LogP contribution in [0.25, 0.3) is 10.9 Å². The lowest BCUT2D eigenvalue weighted by atomic mass is 9.89. The minimum absolute atomic E-state index is 0.0874. The van der Waals surface area contributed by atoms with E-state index in [9.17, 15) is 72.9 Å². The van der Waals surface area contributed by atoms with Crippen molar-refractivity contribution < 1.29 is 92.0 Å². The number of allylic oxidation sites excluding steroid dienone is 2. The molecule has 0 saturated carbocycles. The number of aliphatic hydroxyl groups is 2. The van der Waals surface area contributed by atoms with Gasteiger partial charge in [-0.1, -0.05) is 119 Å². The van der Waals surface area contributed by atoms with Crippen molar-refractivity contribution in [1.82, 2.24) is 74.1 Å². The van der Waals surface area contributed by atoms with Crippen LogP contribution in [0.15, 0.2) is 91.1 Å². The highest BCUT2D eigenvalue weighted by Gasteiger charge is 2.43. The van der Waals surface area contributed by atoms with Crippen molar-refractivity contribution in [3.63, 3.8) is 0 Å². The number of halogens is 1. The van der Waals surface area contributed by atoms with E-state index in [-0.39, 0.29) is 88.3 Å². The van der Waals surface area contributed by atoms with Crippen molar-refractivity contribution in [2.75, 3.05) is 13.2 Å². The predicted octanol–water partition coefficient (Wildman–Crippen LogP) is 1.26. The lowest BCUT2D eigenvalue weighted by Gasteiger charge is -2.33. The van der Waals surface area contributed by atoms with Crippen LogP contribution in [0.4, 0.5) is 0 Å². The molecule has 15 atom stereocenters. The van der Waals surface area contributed by atoms with Crippen molar-refractivity contribution in [2.24, 2.45) is 29.2 Å². The van der Waals surface area contributed by atoms with Gasteiger partial charge in [0.2, 0.25) is 94.3 Å². The van der Waals surface area contributed by atoms with Crippen molar-refractivity contribution in [2.45, 2.75) is 269 Å². The number of aromatic amines is 1. The van der Waals surface area contributed by atoms with Gasteiger partial charge in [0.15, 0.2) is 0 Å². The maximum Gasteiger partial charge on any atom is 0.246 e. The highest BCUT2D eigenvalue weighted by Crippen LogP contribution is 2.26. The van der Waals surface area contributed by atoms with Crippen LogP contribution in [0.3, 0.4) is 0 Å². The number of carbonyl (C=O) groups excluding carboxylic acids is 16. The van der Waals surface area contributed by atoms with Crippen molar-refractivity contribution >= 4 is 117 Å². The third kappa shape index (κ3) is 32.7. The van der Waals surface area contributed by atoms with E-state index in [2.05, 4.69) is 74.1 Å². The summed E-state index contributed by atoms with van der Waals surface area (Å²) in [5.41, 5.74) is 9.02. The number of nitrogens with one attached hydrogen (secondary N) is 14. The number of hydrogen-bond donors (Lipinski definition) is 19. The van der Waals surface area contributed by atoms with Gasteiger partial charge in [0.05, 0.1) is 30.7 Å². The molecule has 35 nitrogen and oxygen atoms in total. The monoisotopic (exact) mass is 1710 g/mol. The molecule has 0 bridgehead atoms. The summed E-state index contributed by atoms with van der Waals surface area (Å²) in [4.78, 5) is 228. The van der Waals surface area contributed by atoms with Gasteiger partial charge in [-0.2, -0.15) is 0 Å². The largest absolute Gasteiger partial charge is 0.508 e. The van der Waals surface area contributed by atoms with Crippen molar-refractivity contribution in [1.29, 1.82) is 0 Å². The number of aliphatic hydroxyl groups excluding tert-OH is 2. The summed E-state index contributed by atoms with van der Waals surface area (Å²) >= 11 is 6.36. The number of phenols is 1. The molecule has 5 rings (SSSR count). The van der Waals surface area contributed by atoms with Gasteiger partial charge in [-0.05, 0) is 159 Å². The van der Waals surface area contributed by atoms with Crippen LogP contribution < -0.4 is 80.6 Å². The summed E-state index contributed by atoms with van der Waals surface area (Å²) in [6.45, 7) is 16.3. The molecule has 1 aromatic heterocycles. The molecule has 3 unspecified atom stereocenters. The van der Waals surface area contributed by atoms with Gasteiger partial charge in [-0.25, -0.2) is 0 Å². The van der Waals surface area contributed by atoms with E-state index in [1.807, 2.05) is 26.0 Å². The Morgan fingerprint density at radius 1 is 0.595 bits per heavy atom. The first-order valence-corrected chi connectivity index (χ1v) is 41.4. The van der Waals surface area contributed by atoms with Gasteiger partial charge in [0.1, 0.15) is 71.2 Å². The highest BCUT2D eigenvalue weighted by atomic mass is 35.5. The minimum atomic E-state index is -1.92. The van der Waals surface area contributed by atoms with Crippen LogP contribution in [0, 0.1) is 17.8 Å². The fourth-order valence-corrected chi connectivity index (χ4v) is 13.8. The third-order valence-electron chi connectivity index (χ3n) is 20.8. The first-order chi connectivity index (χ1) is 56.9. The number of nitrogens with two attached hydrogens (primary N) is 2. The topological polar surface area (TPSA) is 558 Å². The zero-order valence-electron chi connectivity index (χ0n) is 71.0. The first kappa shape index (κ1) is 100. The number of Topliss-reactive ketones (excluding diaryl/α,β-unsaturated/α-hetero) is 2. The standard InChI is InChI=1S/C85H123ClN16O19/c1-46(2)37-57-44-89-61(33-34-68(87)107)71(109)70(108)48(5)91-76(114)66(41-56-43-90-62-42-58(86)29-32-60(56)62)97-77(115)64(40-55-27-30-59(106)31-28-55)96-74(112)51(8)94-82(120)84(11,102-80(118)65(39-54-25-21-20-22-26-54)98-81(119)69(52(9)104)100-78(116)63(38-47(3)4)95-53(10)105)35-23-18-16-14-13-15-17-19-24-36-85(12,101-75(57)113)83(121)99-67(45-103)79(117)93-50(7)73(111)92-49(6)72(88)110/h15,17,20-22,25-32,42-43,46-52,57,61,63-67,69,89-90,103-104,106H,13-14,16,18-19,23-24,33-41,44-45H2,1-12H3,(H2,87,107)(H2,88,110)(H,91,114)(H,92,111)(H,93,117)(H,94,120)(H,95,105)(H,96,112)(H,97,115)(H,98,119)(H,99,121)(H,100,116)(H,101,113)(H,102,118)/b17-15+/t48-,49?,50-,51?,52+,57+,61-,63-,64-,65-,66-,67?,69-,84+,85-/m0/s1. The fraction of sp³-hybridized carbons (Fsp3) is 0.553. The molecule has 0 aliphatic carbocycles. The smallest absolute Gasteiger partial charge is 0.246 e. The molecule has 1 aliphatic heterocycles. The summed E-state index contributed by atoms with van der Waals surface area (Å²) in [6, 6.07) is 2.62. The van der Waals surface area contributed by atoms with Gasteiger partial charge < -0.3 is 101 Å². The SMILES string of the molecule is CC(=O)N[C@@H](CC(C)C)C(=O)N[C@H](C(=O)N[C@@H](Cc1ccccc1)C(=O)N[C@]1(C)CCCCCC/C=C/CCC[C@@](C)(C(=O)NC(CO)C(=O)N[C@@H](C)C(=O)NC(C)C(N)=O)NC(=O)[C@H](CC(C)C)CN[C@@H](CCC(N)=O)C(=O)C(=O)[C@H](C)NC(=O)[C@H](Cc2c[nH]c3cc(Cl)ccc23)NC(=O)[C@H](Cc2ccc(O)cc2)NC(=O)C(C)NC1=O)[C@@H](C)O. The number of amides is 14. The molecule has 0 radical (unpaired) electrons. The first-order valence-electron chi connectivity index (χ1n) is 41.0. The van der Waals surface area contributed by atoms with E-state index < -0.39 is 197 Å². The second-order valence-electron chi connectivity index (χ2n) is 32.5. The van der Waals surface area contributed by atoms with Crippen LogP contribution in [0.2, 0.25) is 5.02 Å². The molecule has 14 amide bonds. The number of primary amides is 2. The second-order valence-corrected chi connectivity index (χ2v) is 33.0. The van der Waals surface area contributed by atoms with E-state index in [1.54, 1.807) is 68.6 Å². The number of H-pyrrole nitrogens is 1. The number of fused-ring (bicyclic) bond motifs is 1. The molecule has 121 heavy (non-hydrogen) atoms. The quantitative estimate of drug-likeness (QED) is 0.0269. The fourth-order valence-electron chi connectivity index (χ4n) is 13.7. The molecule has 4 aromatic rings. The number of carbonyl (C=O) groups is 16. The maximum absolute atomic E-state index is 15.2. The van der Waals surface area contributed by atoms with Gasteiger partial charge >= 0.3 is 0 Å². The molecular formula is C85H123ClN16O19. The Morgan fingerprint density at radius 3 is 1.83 bits per heavy atom. The van der Waals surface area contributed by atoms with Gasteiger partial charge in [-0.3, -0.25) is 76.7 Å². The summed E-state index contributed by atoms with van der Waals surface area (Å²) < 4.78 is 0. The number of aromatic hydroxyl groups is 1. The van der Waals surface area contributed by atoms with E-state index in [1.165, 1.54) is 79.7 Å². The maximum atomic E-state index is 15.2. The van der Waals surface area contributed by atoms with E-state index in [0.717, 1.165) is 0 Å². The number of ketones is 2. The van der Waals surface area contributed by atoms with Crippen LogP contribution in [0.5, 0.6) is 5.75 Å². The Bertz CT molecular complexity index is 4310. The van der Waals surface area contributed by atoms with Crippen LogP contribution >= 0.6 is 11.6 Å². The Morgan fingerprint density at radius 2 is 1.21 bits per heavy atom. The van der Waals surface area contributed by atoms with Gasteiger partial charge in [0.25, 0.3) is 0 Å². The predicted molar refractivity (Wildman–Crippen MR) is 451 cm³/mol. The minimum Gasteiger partial charge on any atom is -0.508 e. The zero-order chi connectivity index (χ0) is 90.2. The van der Waals surface area contributed by atoms with Gasteiger partial charge in [0, 0.05) is 61.3 Å². The Labute approximate surface area is 710 Å². The average Bonchev–Trinajstić information content (AvgIpc) is 1.79. The molecule has 0 saturated heterocycles. The summed E-state index contributed by atoms with van der Waals surface area (Å²) in [7, 11) is 0. The third-order valence-corrected chi connectivity index (χ3v) is 21.0. The zero-order valence-corrected chi connectivity index (χ0v) is 71.7. The molecule has 21 N–H and O–H groups in total. The number of phenolic OH excluding ortho intramolecular Hbond substituents is 1. The number of aromatic nitrogens is 1. The molecule has 664 valence electrons. The van der Waals surface area contributed by atoms with E-state index >= 15 is 19.2 Å². The summed E-state index contributed by atoms with van der Waals surface area (Å²) in [6.07, 6.45) is 5.20. The molecule has 3 aromatic carbocycles. The van der Waals surface area contributed by atoms with Crippen LogP contribution in [-0.2, 0) is 96.0 Å². The van der Waals surface area contributed by atoms with Crippen molar-refractivity contribution in [3.8, 4) is 5.75 Å². The average molecular weight is 1710 g/mol. The van der Waals surface area contributed by atoms with E-state index in [4.69, 9.17) is 23.1 Å². The number of hydrogen-bond acceptors (Lipinski definition) is 20. The molecule has 36 heteroatoms. The number of rotatable bonds is 29. The molecule has 1 aliphatic rings. The Balaban J connectivity index is 1.61. The summed E-state index contributed by atoms with van der Waals surface area (Å²) in [5, 5.41) is 67.1. The molecule has 0 spiro atoms. The Hall–Kier alpha value is -11.2. The summed E-state index contributed by atoms with van der Waals surface area (Å²) in [5.74, 6) is -16.2. The normalized spacial score (nSPS) is 22.8.